The number of hydrogen-bond acceptors (Lipinski definition) is 3. The zero-order valence-electron chi connectivity index (χ0n) is 12.9. The van der Waals surface area contributed by atoms with Gasteiger partial charge in [0, 0.05) is 26.6 Å². The molecule has 1 N–H and O–H groups in total. The van der Waals surface area contributed by atoms with Gasteiger partial charge in [0.25, 0.3) is 0 Å². The standard InChI is InChI=1S/C17H22N2O3/c1-18-17(21)14-3-2-7-19(11-14)16(20)10-12-4-5-15-13(9-12)6-8-22-15/h4-5,9,14H,2-3,6-8,10-11H2,1H3,(H,18,21). The molecule has 1 aromatic rings. The average Bonchev–Trinajstić information content (AvgIpc) is 3.02. The third-order valence-corrected chi connectivity index (χ3v) is 4.50. The SMILES string of the molecule is CNC(=O)C1CCCN(C(=O)Cc2ccc3c(c2)CCO3)C1. The number of ether oxygens (including phenoxy) is 1. The highest BCUT2D eigenvalue weighted by molar-refractivity contribution is 5.82. The molecule has 1 saturated heterocycles. The Balaban J connectivity index is 1.63. The van der Waals surface area contributed by atoms with Gasteiger partial charge in [-0.25, -0.2) is 0 Å². The molecule has 0 saturated carbocycles. The smallest absolute Gasteiger partial charge is 0.227 e. The first-order chi connectivity index (χ1) is 10.7. The highest BCUT2D eigenvalue weighted by Gasteiger charge is 2.27. The van der Waals surface area contributed by atoms with Crippen LogP contribution in [0.15, 0.2) is 18.2 Å². The number of benzene rings is 1. The molecule has 2 amide bonds. The predicted octanol–water partition coefficient (Wildman–Crippen LogP) is 1.15. The van der Waals surface area contributed by atoms with Crippen LogP contribution >= 0.6 is 0 Å². The first kappa shape index (κ1) is 14.9. The van der Waals surface area contributed by atoms with Gasteiger partial charge in [-0.3, -0.25) is 9.59 Å². The van der Waals surface area contributed by atoms with Gasteiger partial charge < -0.3 is 15.0 Å². The van der Waals surface area contributed by atoms with E-state index < -0.39 is 0 Å². The highest BCUT2D eigenvalue weighted by atomic mass is 16.5. The third kappa shape index (κ3) is 3.08. The van der Waals surface area contributed by atoms with E-state index in [0.717, 1.165) is 43.7 Å². The largest absolute Gasteiger partial charge is 0.493 e. The van der Waals surface area contributed by atoms with Crippen LogP contribution in [-0.4, -0.2) is 43.5 Å². The molecule has 1 unspecified atom stereocenters. The molecule has 0 aromatic heterocycles. The fourth-order valence-electron chi connectivity index (χ4n) is 3.26. The van der Waals surface area contributed by atoms with Crippen molar-refractivity contribution in [3.63, 3.8) is 0 Å². The van der Waals surface area contributed by atoms with Gasteiger partial charge in [0.1, 0.15) is 5.75 Å². The van der Waals surface area contributed by atoms with Crippen molar-refractivity contribution in [2.24, 2.45) is 5.92 Å². The summed E-state index contributed by atoms with van der Waals surface area (Å²) in [5, 5.41) is 2.68. The molecule has 0 spiro atoms. The Bertz CT molecular complexity index is 585. The van der Waals surface area contributed by atoms with Gasteiger partial charge in [-0.1, -0.05) is 12.1 Å². The van der Waals surface area contributed by atoms with Crippen LogP contribution in [0.2, 0.25) is 0 Å². The average molecular weight is 302 g/mol. The van der Waals surface area contributed by atoms with Gasteiger partial charge in [0.15, 0.2) is 0 Å². The fourth-order valence-corrected chi connectivity index (χ4v) is 3.26. The Morgan fingerprint density at radius 1 is 1.41 bits per heavy atom. The summed E-state index contributed by atoms with van der Waals surface area (Å²) in [7, 11) is 1.65. The van der Waals surface area contributed by atoms with Gasteiger partial charge >= 0.3 is 0 Å². The maximum atomic E-state index is 12.5. The highest BCUT2D eigenvalue weighted by Crippen LogP contribution is 2.26. The molecule has 3 rings (SSSR count). The van der Waals surface area contributed by atoms with E-state index in [9.17, 15) is 9.59 Å². The fraction of sp³-hybridized carbons (Fsp3) is 0.529. The number of amides is 2. The summed E-state index contributed by atoms with van der Waals surface area (Å²) in [6.07, 6.45) is 3.06. The molecule has 1 aromatic carbocycles. The number of hydrogen-bond donors (Lipinski definition) is 1. The molecule has 0 bridgehead atoms. The monoisotopic (exact) mass is 302 g/mol. The minimum Gasteiger partial charge on any atom is -0.493 e. The number of fused-ring (bicyclic) bond motifs is 1. The molecule has 0 aliphatic carbocycles. The quantitative estimate of drug-likeness (QED) is 0.911. The molecule has 5 nitrogen and oxygen atoms in total. The van der Waals surface area contributed by atoms with E-state index in [1.165, 1.54) is 5.56 Å². The Hall–Kier alpha value is -2.04. The van der Waals surface area contributed by atoms with E-state index in [-0.39, 0.29) is 17.7 Å². The molecular formula is C17H22N2O3. The summed E-state index contributed by atoms with van der Waals surface area (Å²) in [6, 6.07) is 5.98. The van der Waals surface area contributed by atoms with E-state index >= 15 is 0 Å². The van der Waals surface area contributed by atoms with Crippen molar-refractivity contribution in [2.45, 2.75) is 25.7 Å². The summed E-state index contributed by atoms with van der Waals surface area (Å²) < 4.78 is 5.49. The van der Waals surface area contributed by atoms with Crippen LogP contribution in [0.5, 0.6) is 5.75 Å². The number of rotatable bonds is 3. The van der Waals surface area contributed by atoms with Crippen molar-refractivity contribution < 1.29 is 14.3 Å². The van der Waals surface area contributed by atoms with E-state index in [0.29, 0.717) is 13.0 Å². The second kappa shape index (κ2) is 6.38. The number of likely N-dealkylation sites (tertiary alicyclic amines) is 1. The lowest BCUT2D eigenvalue weighted by Gasteiger charge is -2.32. The molecule has 2 aliphatic heterocycles. The van der Waals surface area contributed by atoms with Crippen molar-refractivity contribution in [3.05, 3.63) is 29.3 Å². The number of nitrogens with one attached hydrogen (secondary N) is 1. The lowest BCUT2D eigenvalue weighted by molar-refractivity contribution is -0.135. The molecule has 0 radical (unpaired) electrons. The van der Waals surface area contributed by atoms with Crippen LogP contribution in [0.1, 0.15) is 24.0 Å². The normalized spacial score (nSPS) is 20.2. The lowest BCUT2D eigenvalue weighted by atomic mass is 9.96. The zero-order chi connectivity index (χ0) is 15.5. The summed E-state index contributed by atoms with van der Waals surface area (Å²) in [5.41, 5.74) is 2.21. The molecule has 2 heterocycles. The second-order valence-corrected chi connectivity index (χ2v) is 6.01. The second-order valence-electron chi connectivity index (χ2n) is 6.01. The first-order valence-electron chi connectivity index (χ1n) is 7.91. The Kier molecular flexibility index (Phi) is 4.32. The Morgan fingerprint density at radius 3 is 3.09 bits per heavy atom. The molecule has 2 aliphatic rings. The molecule has 22 heavy (non-hydrogen) atoms. The third-order valence-electron chi connectivity index (χ3n) is 4.50. The topological polar surface area (TPSA) is 58.6 Å². The van der Waals surface area contributed by atoms with Crippen LogP contribution in [0, 0.1) is 5.92 Å². The van der Waals surface area contributed by atoms with Crippen molar-refractivity contribution >= 4 is 11.8 Å². The number of carbonyl (C=O) groups excluding carboxylic acids is 2. The van der Waals surface area contributed by atoms with Crippen molar-refractivity contribution in [1.29, 1.82) is 0 Å². The van der Waals surface area contributed by atoms with E-state index in [2.05, 4.69) is 11.4 Å². The van der Waals surface area contributed by atoms with Gasteiger partial charge in [-0.05, 0) is 30.0 Å². The van der Waals surface area contributed by atoms with Crippen LogP contribution < -0.4 is 10.1 Å². The number of carbonyl (C=O) groups is 2. The Morgan fingerprint density at radius 2 is 2.27 bits per heavy atom. The lowest BCUT2D eigenvalue weighted by Crippen LogP contribution is -2.45. The van der Waals surface area contributed by atoms with Crippen LogP contribution in [-0.2, 0) is 22.4 Å². The van der Waals surface area contributed by atoms with Crippen LogP contribution in [0.25, 0.3) is 0 Å². The summed E-state index contributed by atoms with van der Waals surface area (Å²) in [4.78, 5) is 26.1. The van der Waals surface area contributed by atoms with Crippen LogP contribution in [0.4, 0.5) is 0 Å². The number of piperidine rings is 1. The molecule has 1 atom stereocenters. The van der Waals surface area contributed by atoms with E-state index in [1.807, 2.05) is 17.0 Å². The Labute approximate surface area is 130 Å². The van der Waals surface area contributed by atoms with Gasteiger partial charge in [-0.2, -0.15) is 0 Å². The summed E-state index contributed by atoms with van der Waals surface area (Å²) in [5.74, 6) is 1.00. The minimum atomic E-state index is -0.0730. The van der Waals surface area contributed by atoms with Gasteiger partial charge in [0.2, 0.25) is 11.8 Å². The maximum Gasteiger partial charge on any atom is 0.227 e. The van der Waals surface area contributed by atoms with Crippen LogP contribution in [0.3, 0.4) is 0 Å². The van der Waals surface area contributed by atoms with Crippen molar-refractivity contribution in [1.82, 2.24) is 10.2 Å². The molecule has 118 valence electrons. The minimum absolute atomic E-state index is 0.0344. The molecular weight excluding hydrogens is 280 g/mol. The van der Waals surface area contributed by atoms with E-state index in [1.54, 1.807) is 7.05 Å². The molecule has 5 heteroatoms. The number of nitrogens with zero attached hydrogens (tertiary/aromatic N) is 1. The zero-order valence-corrected chi connectivity index (χ0v) is 12.9. The van der Waals surface area contributed by atoms with Crippen molar-refractivity contribution in [2.75, 3.05) is 26.7 Å². The molecule has 1 fully saturated rings. The van der Waals surface area contributed by atoms with Crippen molar-refractivity contribution in [3.8, 4) is 5.75 Å². The summed E-state index contributed by atoms with van der Waals surface area (Å²) in [6.45, 7) is 2.01. The van der Waals surface area contributed by atoms with Gasteiger partial charge in [0.05, 0.1) is 18.9 Å². The summed E-state index contributed by atoms with van der Waals surface area (Å²) >= 11 is 0. The predicted molar refractivity (Wildman–Crippen MR) is 82.7 cm³/mol. The maximum absolute atomic E-state index is 12.5. The van der Waals surface area contributed by atoms with E-state index in [4.69, 9.17) is 4.74 Å². The first-order valence-corrected chi connectivity index (χ1v) is 7.91. The van der Waals surface area contributed by atoms with Gasteiger partial charge in [-0.15, -0.1) is 0 Å².